The van der Waals surface area contributed by atoms with Crippen LogP contribution < -0.4 is 10.9 Å². The molecule has 0 aliphatic carbocycles. The molecule has 0 unspecified atom stereocenters. The van der Waals surface area contributed by atoms with E-state index in [0.29, 0.717) is 17.8 Å². The van der Waals surface area contributed by atoms with Gasteiger partial charge < -0.3 is 5.32 Å². The van der Waals surface area contributed by atoms with Crippen molar-refractivity contribution in [3.8, 4) is 0 Å². The quantitative estimate of drug-likeness (QED) is 0.923. The Bertz CT molecular complexity index is 754. The van der Waals surface area contributed by atoms with E-state index in [1.54, 1.807) is 19.2 Å². The number of carbonyl (C=O) groups excluding carboxylic acids is 1. The molecule has 0 radical (unpaired) electrons. The fraction of sp³-hybridized carbons (Fsp3) is 0.438. The Morgan fingerprint density at radius 2 is 1.95 bits per heavy atom. The SMILES string of the molecule is Cc1ccc2nc(C)c(NC(=O)CC(C)(C)C)c(=O)n2c1. The van der Waals surface area contributed by atoms with E-state index in [0.717, 1.165) is 5.56 Å². The maximum Gasteiger partial charge on any atom is 0.281 e. The predicted octanol–water partition coefficient (Wildman–Crippen LogP) is 2.69. The van der Waals surface area contributed by atoms with Crippen LogP contribution in [0.25, 0.3) is 5.65 Å². The number of aromatic nitrogens is 2. The molecule has 1 N–H and O–H groups in total. The van der Waals surface area contributed by atoms with E-state index in [2.05, 4.69) is 10.3 Å². The molecule has 5 nitrogen and oxygen atoms in total. The number of carbonyl (C=O) groups is 1. The van der Waals surface area contributed by atoms with Crippen molar-refractivity contribution in [1.29, 1.82) is 0 Å². The predicted molar refractivity (Wildman–Crippen MR) is 83.6 cm³/mol. The van der Waals surface area contributed by atoms with Crippen LogP contribution in [0.2, 0.25) is 0 Å². The minimum atomic E-state index is -0.247. The van der Waals surface area contributed by atoms with Crippen LogP contribution in [0.3, 0.4) is 0 Å². The highest BCUT2D eigenvalue weighted by Crippen LogP contribution is 2.19. The maximum absolute atomic E-state index is 12.5. The van der Waals surface area contributed by atoms with Gasteiger partial charge in [0.15, 0.2) is 0 Å². The van der Waals surface area contributed by atoms with Gasteiger partial charge in [-0.05, 0) is 30.9 Å². The molecular weight excluding hydrogens is 266 g/mol. The molecule has 0 aliphatic rings. The Labute approximate surface area is 124 Å². The van der Waals surface area contributed by atoms with E-state index in [4.69, 9.17) is 0 Å². The Morgan fingerprint density at radius 1 is 1.29 bits per heavy atom. The molecule has 0 saturated heterocycles. The van der Waals surface area contributed by atoms with Crippen molar-refractivity contribution in [3.63, 3.8) is 0 Å². The molecule has 1 amide bonds. The summed E-state index contributed by atoms with van der Waals surface area (Å²) in [5, 5.41) is 2.71. The van der Waals surface area contributed by atoms with Crippen LogP contribution in [0.15, 0.2) is 23.1 Å². The number of pyridine rings is 1. The second kappa shape index (κ2) is 5.31. The smallest absolute Gasteiger partial charge is 0.281 e. The van der Waals surface area contributed by atoms with E-state index in [9.17, 15) is 9.59 Å². The lowest BCUT2D eigenvalue weighted by atomic mass is 9.92. The van der Waals surface area contributed by atoms with Crippen molar-refractivity contribution in [2.24, 2.45) is 5.41 Å². The van der Waals surface area contributed by atoms with E-state index in [1.165, 1.54) is 4.40 Å². The first-order valence-corrected chi connectivity index (χ1v) is 6.97. The van der Waals surface area contributed by atoms with Crippen LogP contribution in [0, 0.1) is 19.3 Å². The average Bonchev–Trinajstić information content (AvgIpc) is 2.33. The summed E-state index contributed by atoms with van der Waals surface area (Å²) in [4.78, 5) is 28.9. The fourth-order valence-corrected chi connectivity index (χ4v) is 2.17. The van der Waals surface area contributed by atoms with Gasteiger partial charge in [0.1, 0.15) is 11.3 Å². The number of hydrogen-bond acceptors (Lipinski definition) is 3. The summed E-state index contributed by atoms with van der Waals surface area (Å²) in [7, 11) is 0. The third-order valence-corrected chi connectivity index (χ3v) is 3.11. The minimum absolute atomic E-state index is 0.130. The van der Waals surface area contributed by atoms with Crippen LogP contribution in [0.1, 0.15) is 38.4 Å². The van der Waals surface area contributed by atoms with Crippen molar-refractivity contribution in [3.05, 3.63) is 39.9 Å². The zero-order valence-corrected chi connectivity index (χ0v) is 13.2. The topological polar surface area (TPSA) is 63.5 Å². The lowest BCUT2D eigenvalue weighted by Gasteiger charge is -2.17. The second-order valence-corrected chi connectivity index (χ2v) is 6.60. The molecule has 0 saturated carbocycles. The molecule has 0 spiro atoms. The van der Waals surface area contributed by atoms with Gasteiger partial charge in [0.05, 0.1) is 5.69 Å². The molecule has 2 rings (SSSR count). The van der Waals surface area contributed by atoms with Gasteiger partial charge in [0, 0.05) is 12.6 Å². The molecule has 2 aromatic rings. The Hall–Kier alpha value is -2.17. The van der Waals surface area contributed by atoms with Gasteiger partial charge in [-0.3, -0.25) is 14.0 Å². The van der Waals surface area contributed by atoms with Gasteiger partial charge in [-0.15, -0.1) is 0 Å². The molecule has 0 fully saturated rings. The number of aryl methyl sites for hydroxylation is 2. The first kappa shape index (κ1) is 15.2. The molecule has 21 heavy (non-hydrogen) atoms. The standard InChI is InChI=1S/C16H21N3O2/c1-10-6-7-12-17-11(2)14(15(21)19(12)9-10)18-13(20)8-16(3,4)5/h6-7,9H,8H2,1-5H3,(H,18,20). The molecule has 0 aromatic carbocycles. The third kappa shape index (κ3) is 3.48. The van der Waals surface area contributed by atoms with E-state index in [1.807, 2.05) is 33.8 Å². The van der Waals surface area contributed by atoms with Gasteiger partial charge in [-0.1, -0.05) is 26.8 Å². The Balaban J connectivity index is 2.45. The first-order valence-electron chi connectivity index (χ1n) is 6.97. The van der Waals surface area contributed by atoms with Gasteiger partial charge in [-0.2, -0.15) is 0 Å². The number of hydrogen-bond donors (Lipinski definition) is 1. The van der Waals surface area contributed by atoms with E-state index < -0.39 is 0 Å². The summed E-state index contributed by atoms with van der Waals surface area (Å²) in [5.41, 5.74) is 1.95. The zero-order valence-electron chi connectivity index (χ0n) is 13.2. The van der Waals surface area contributed by atoms with Crippen LogP contribution in [0.4, 0.5) is 5.69 Å². The highest BCUT2D eigenvalue weighted by molar-refractivity contribution is 5.91. The molecular formula is C16H21N3O2. The highest BCUT2D eigenvalue weighted by atomic mass is 16.2. The number of nitrogens with one attached hydrogen (secondary N) is 1. The number of fused-ring (bicyclic) bond motifs is 1. The van der Waals surface area contributed by atoms with Crippen molar-refractivity contribution < 1.29 is 4.79 Å². The van der Waals surface area contributed by atoms with Gasteiger partial charge in [-0.25, -0.2) is 4.98 Å². The Kier molecular flexibility index (Phi) is 3.85. The van der Waals surface area contributed by atoms with Crippen LogP contribution in [-0.2, 0) is 4.79 Å². The van der Waals surface area contributed by atoms with E-state index in [-0.39, 0.29) is 22.6 Å². The summed E-state index contributed by atoms with van der Waals surface area (Å²) in [6, 6.07) is 3.70. The minimum Gasteiger partial charge on any atom is -0.320 e. The summed E-state index contributed by atoms with van der Waals surface area (Å²) < 4.78 is 1.47. The monoisotopic (exact) mass is 287 g/mol. The largest absolute Gasteiger partial charge is 0.320 e. The van der Waals surface area contributed by atoms with E-state index >= 15 is 0 Å². The number of rotatable bonds is 2. The van der Waals surface area contributed by atoms with Crippen LogP contribution >= 0.6 is 0 Å². The average molecular weight is 287 g/mol. The lowest BCUT2D eigenvalue weighted by Crippen LogP contribution is -2.27. The molecule has 0 bridgehead atoms. The van der Waals surface area contributed by atoms with Crippen molar-refractivity contribution in [2.75, 3.05) is 5.32 Å². The molecule has 0 aliphatic heterocycles. The maximum atomic E-state index is 12.5. The normalized spacial score (nSPS) is 11.7. The van der Waals surface area contributed by atoms with Crippen LogP contribution in [0.5, 0.6) is 0 Å². The third-order valence-electron chi connectivity index (χ3n) is 3.11. The number of amides is 1. The van der Waals surface area contributed by atoms with Crippen molar-refractivity contribution in [1.82, 2.24) is 9.38 Å². The molecule has 0 atom stereocenters. The fourth-order valence-electron chi connectivity index (χ4n) is 2.17. The molecule has 112 valence electrons. The second-order valence-electron chi connectivity index (χ2n) is 6.60. The first-order chi connectivity index (χ1) is 9.67. The zero-order chi connectivity index (χ0) is 15.8. The van der Waals surface area contributed by atoms with Crippen molar-refractivity contribution in [2.45, 2.75) is 41.0 Å². The van der Waals surface area contributed by atoms with Gasteiger partial charge in [0.25, 0.3) is 5.56 Å². The summed E-state index contributed by atoms with van der Waals surface area (Å²) in [6.07, 6.45) is 2.08. The number of anilines is 1. The van der Waals surface area contributed by atoms with Gasteiger partial charge in [0.2, 0.25) is 5.91 Å². The molecule has 2 aromatic heterocycles. The number of nitrogens with zero attached hydrogens (tertiary/aromatic N) is 2. The Morgan fingerprint density at radius 3 is 2.57 bits per heavy atom. The molecule has 2 heterocycles. The summed E-state index contributed by atoms with van der Waals surface area (Å²) in [5.74, 6) is -0.169. The summed E-state index contributed by atoms with van der Waals surface area (Å²) in [6.45, 7) is 9.58. The van der Waals surface area contributed by atoms with Gasteiger partial charge >= 0.3 is 0 Å². The molecule has 5 heteroatoms. The van der Waals surface area contributed by atoms with Crippen LogP contribution in [-0.4, -0.2) is 15.3 Å². The summed E-state index contributed by atoms with van der Waals surface area (Å²) >= 11 is 0. The lowest BCUT2D eigenvalue weighted by molar-refractivity contribution is -0.117. The van der Waals surface area contributed by atoms with Crippen molar-refractivity contribution >= 4 is 17.2 Å². The highest BCUT2D eigenvalue weighted by Gasteiger charge is 2.18.